The number of carbonyl (C=O) groups excluding carboxylic acids is 1. The van der Waals surface area contributed by atoms with Gasteiger partial charge >= 0.3 is 0 Å². The number of anilines is 1. The fraction of sp³-hybridized carbons (Fsp3) is 0.300. The zero-order valence-corrected chi connectivity index (χ0v) is 14.9. The van der Waals surface area contributed by atoms with Gasteiger partial charge in [0.25, 0.3) is 5.91 Å². The fourth-order valence-corrected chi connectivity index (χ4v) is 2.43. The number of carbonyl (C=O) groups is 1. The number of methoxy groups -OCH3 is 1. The van der Waals surface area contributed by atoms with E-state index in [9.17, 15) is 4.79 Å². The van der Waals surface area contributed by atoms with Crippen molar-refractivity contribution >= 4 is 11.6 Å². The van der Waals surface area contributed by atoms with Gasteiger partial charge in [0.15, 0.2) is 17.6 Å². The van der Waals surface area contributed by atoms with Crippen LogP contribution in [0.3, 0.4) is 0 Å². The highest BCUT2D eigenvalue weighted by atomic mass is 16.5. The van der Waals surface area contributed by atoms with Gasteiger partial charge in [-0.15, -0.1) is 0 Å². The lowest BCUT2D eigenvalue weighted by Crippen LogP contribution is -2.30. The predicted molar refractivity (Wildman–Crippen MR) is 97.0 cm³/mol. The van der Waals surface area contributed by atoms with Crippen molar-refractivity contribution in [2.45, 2.75) is 32.8 Å². The quantitative estimate of drug-likeness (QED) is 0.861. The summed E-state index contributed by atoms with van der Waals surface area (Å²) in [6.07, 6.45) is -0.720. The molecule has 25 heavy (non-hydrogen) atoms. The second-order valence-corrected chi connectivity index (χ2v) is 5.97. The number of ether oxygens (including phenoxy) is 2. The number of benzene rings is 2. The van der Waals surface area contributed by atoms with Gasteiger partial charge in [-0.25, -0.2) is 0 Å². The van der Waals surface area contributed by atoms with E-state index in [-0.39, 0.29) is 5.91 Å². The van der Waals surface area contributed by atoms with Crippen LogP contribution in [0.4, 0.5) is 5.69 Å². The molecule has 2 rings (SSSR count). The van der Waals surface area contributed by atoms with Gasteiger partial charge in [-0.2, -0.15) is 5.26 Å². The average molecular weight is 338 g/mol. The van der Waals surface area contributed by atoms with Gasteiger partial charge in [0.1, 0.15) is 0 Å². The lowest BCUT2D eigenvalue weighted by Gasteiger charge is -2.19. The van der Waals surface area contributed by atoms with Crippen LogP contribution in [-0.4, -0.2) is 19.1 Å². The molecule has 0 saturated carbocycles. The molecule has 0 heterocycles. The minimum Gasteiger partial charge on any atom is -0.493 e. The molecule has 2 aromatic rings. The molecule has 1 N–H and O–H groups in total. The number of rotatable bonds is 6. The van der Waals surface area contributed by atoms with Crippen LogP contribution in [0.2, 0.25) is 0 Å². The van der Waals surface area contributed by atoms with E-state index in [1.165, 1.54) is 7.11 Å². The molecule has 1 amide bonds. The van der Waals surface area contributed by atoms with E-state index in [0.717, 1.165) is 11.3 Å². The molecule has 5 heteroatoms. The average Bonchev–Trinajstić information content (AvgIpc) is 2.62. The summed E-state index contributed by atoms with van der Waals surface area (Å²) in [5.41, 5.74) is 2.32. The van der Waals surface area contributed by atoms with Gasteiger partial charge in [0.05, 0.1) is 18.7 Å². The van der Waals surface area contributed by atoms with Crippen LogP contribution in [0, 0.1) is 11.3 Å². The van der Waals surface area contributed by atoms with Crippen molar-refractivity contribution in [3.8, 4) is 17.6 Å². The molecule has 0 aromatic heterocycles. The summed E-state index contributed by atoms with van der Waals surface area (Å²) in [6.45, 7) is 5.82. The third-order valence-corrected chi connectivity index (χ3v) is 3.81. The van der Waals surface area contributed by atoms with E-state index in [4.69, 9.17) is 14.7 Å². The van der Waals surface area contributed by atoms with E-state index >= 15 is 0 Å². The Balaban J connectivity index is 2.13. The Labute approximate surface area is 148 Å². The smallest absolute Gasteiger partial charge is 0.265 e. The van der Waals surface area contributed by atoms with E-state index in [2.05, 4.69) is 19.2 Å². The standard InChI is InChI=1S/C20H22N2O3/c1-13(2)16-7-5-6-8-17(16)22-20(23)14(3)25-18-10-9-15(12-21)11-19(18)24-4/h5-11,13-14H,1-4H3,(H,22,23)/t14-/m0/s1. The summed E-state index contributed by atoms with van der Waals surface area (Å²) in [4.78, 5) is 12.5. The monoisotopic (exact) mass is 338 g/mol. The molecule has 1 atom stereocenters. The third kappa shape index (κ3) is 4.51. The SMILES string of the molecule is COc1cc(C#N)ccc1O[C@@H](C)C(=O)Nc1ccccc1C(C)C. The van der Waals surface area contributed by atoms with Crippen LogP contribution in [0.15, 0.2) is 42.5 Å². The summed E-state index contributed by atoms with van der Waals surface area (Å²) >= 11 is 0. The van der Waals surface area contributed by atoms with E-state index in [0.29, 0.717) is 23.0 Å². The Morgan fingerprint density at radius 3 is 2.48 bits per heavy atom. The van der Waals surface area contributed by atoms with E-state index in [1.807, 2.05) is 30.3 Å². The maximum atomic E-state index is 12.5. The van der Waals surface area contributed by atoms with Crippen molar-refractivity contribution in [2.75, 3.05) is 12.4 Å². The third-order valence-electron chi connectivity index (χ3n) is 3.81. The van der Waals surface area contributed by atoms with Gasteiger partial charge in [0.2, 0.25) is 0 Å². The number of para-hydroxylation sites is 1. The van der Waals surface area contributed by atoms with Crippen LogP contribution in [0.1, 0.15) is 37.8 Å². The van der Waals surface area contributed by atoms with E-state index in [1.54, 1.807) is 25.1 Å². The summed E-state index contributed by atoms with van der Waals surface area (Å²) in [5.74, 6) is 0.883. The van der Waals surface area contributed by atoms with Crippen molar-refractivity contribution in [1.82, 2.24) is 0 Å². The lowest BCUT2D eigenvalue weighted by molar-refractivity contribution is -0.122. The molecule has 0 aliphatic heterocycles. The Morgan fingerprint density at radius 1 is 1.12 bits per heavy atom. The molecule has 0 bridgehead atoms. The van der Waals surface area contributed by atoms with Crippen molar-refractivity contribution in [3.05, 3.63) is 53.6 Å². The van der Waals surface area contributed by atoms with Crippen LogP contribution in [-0.2, 0) is 4.79 Å². The molecule has 2 aromatic carbocycles. The van der Waals surface area contributed by atoms with Crippen LogP contribution >= 0.6 is 0 Å². The first-order valence-electron chi connectivity index (χ1n) is 8.10. The number of amides is 1. The maximum Gasteiger partial charge on any atom is 0.265 e. The zero-order valence-electron chi connectivity index (χ0n) is 14.9. The fourth-order valence-electron chi connectivity index (χ4n) is 2.43. The zero-order chi connectivity index (χ0) is 18.4. The van der Waals surface area contributed by atoms with Gasteiger partial charge in [-0.05, 0) is 36.6 Å². The molecular formula is C20H22N2O3. The summed E-state index contributed by atoms with van der Waals surface area (Å²) < 4.78 is 11.0. The van der Waals surface area contributed by atoms with E-state index < -0.39 is 6.10 Å². The number of nitrogens with zero attached hydrogens (tertiary/aromatic N) is 1. The number of nitriles is 1. The Bertz CT molecular complexity index is 794. The highest BCUT2D eigenvalue weighted by Crippen LogP contribution is 2.29. The normalized spacial score (nSPS) is 11.5. The van der Waals surface area contributed by atoms with Crippen LogP contribution in [0.25, 0.3) is 0 Å². The molecule has 0 saturated heterocycles. The van der Waals surface area contributed by atoms with Crippen LogP contribution < -0.4 is 14.8 Å². The molecule has 0 spiro atoms. The second-order valence-electron chi connectivity index (χ2n) is 5.97. The molecule has 5 nitrogen and oxygen atoms in total. The van der Waals surface area contributed by atoms with Gasteiger partial charge in [-0.3, -0.25) is 4.79 Å². The van der Waals surface area contributed by atoms with Crippen molar-refractivity contribution < 1.29 is 14.3 Å². The summed E-state index contributed by atoms with van der Waals surface area (Å²) in [6, 6.07) is 14.6. The Kier molecular flexibility index (Phi) is 6.02. The predicted octanol–water partition coefficient (Wildman–Crippen LogP) is 4.10. The topological polar surface area (TPSA) is 71.3 Å². The highest BCUT2D eigenvalue weighted by Gasteiger charge is 2.19. The molecule has 0 aliphatic rings. The minimum absolute atomic E-state index is 0.250. The number of nitrogens with one attached hydrogen (secondary N) is 1. The lowest BCUT2D eigenvalue weighted by atomic mass is 10.0. The Morgan fingerprint density at radius 2 is 1.84 bits per heavy atom. The maximum absolute atomic E-state index is 12.5. The molecular weight excluding hydrogens is 316 g/mol. The summed E-state index contributed by atoms with van der Waals surface area (Å²) in [7, 11) is 1.49. The first-order valence-corrected chi connectivity index (χ1v) is 8.10. The van der Waals surface area contributed by atoms with Crippen molar-refractivity contribution in [3.63, 3.8) is 0 Å². The van der Waals surface area contributed by atoms with Gasteiger partial charge < -0.3 is 14.8 Å². The molecule has 130 valence electrons. The van der Waals surface area contributed by atoms with Gasteiger partial charge in [0, 0.05) is 11.8 Å². The molecule has 0 unspecified atom stereocenters. The largest absolute Gasteiger partial charge is 0.493 e. The summed E-state index contributed by atoms with van der Waals surface area (Å²) in [5, 5.41) is 11.9. The number of hydrogen-bond donors (Lipinski definition) is 1. The van der Waals surface area contributed by atoms with Gasteiger partial charge in [-0.1, -0.05) is 32.0 Å². The molecule has 0 aliphatic carbocycles. The minimum atomic E-state index is -0.720. The highest BCUT2D eigenvalue weighted by molar-refractivity contribution is 5.94. The second kappa shape index (κ2) is 8.20. The van der Waals surface area contributed by atoms with Crippen LogP contribution in [0.5, 0.6) is 11.5 Å². The number of hydrogen-bond acceptors (Lipinski definition) is 4. The Hall–Kier alpha value is -3.00. The molecule has 0 fully saturated rings. The molecule has 0 radical (unpaired) electrons. The first kappa shape index (κ1) is 18.3. The van der Waals surface area contributed by atoms with Crippen molar-refractivity contribution in [1.29, 1.82) is 5.26 Å². The first-order chi connectivity index (χ1) is 12.0. The van der Waals surface area contributed by atoms with Crippen molar-refractivity contribution in [2.24, 2.45) is 0 Å².